The summed E-state index contributed by atoms with van der Waals surface area (Å²) in [5, 5.41) is 8.83. The minimum absolute atomic E-state index is 0.136. The van der Waals surface area contributed by atoms with Crippen molar-refractivity contribution in [2.45, 2.75) is 18.3 Å². The van der Waals surface area contributed by atoms with E-state index in [-0.39, 0.29) is 17.2 Å². The van der Waals surface area contributed by atoms with Crippen molar-refractivity contribution in [1.82, 2.24) is 16.0 Å². The summed E-state index contributed by atoms with van der Waals surface area (Å²) in [7, 11) is 1.97. The zero-order chi connectivity index (χ0) is 18.6. The van der Waals surface area contributed by atoms with Gasteiger partial charge in [-0.1, -0.05) is 23.7 Å². The monoisotopic (exact) mass is 391 g/mol. The highest BCUT2D eigenvalue weighted by Gasteiger charge is 2.43. The maximum absolute atomic E-state index is 12.2. The second-order valence-corrected chi connectivity index (χ2v) is 8.22. The summed E-state index contributed by atoms with van der Waals surface area (Å²) in [6, 6.07) is 11.2. The zero-order valence-corrected chi connectivity index (χ0v) is 16.2. The van der Waals surface area contributed by atoms with Crippen LogP contribution in [-0.2, 0) is 5.41 Å². The summed E-state index contributed by atoms with van der Waals surface area (Å²) < 4.78 is 0.578. The molecule has 1 saturated carbocycles. The summed E-state index contributed by atoms with van der Waals surface area (Å²) in [4.78, 5) is 24.7. The Morgan fingerprint density at radius 1 is 1.04 bits per heavy atom. The van der Waals surface area contributed by atoms with Crippen molar-refractivity contribution < 1.29 is 9.59 Å². The topological polar surface area (TPSA) is 70.2 Å². The lowest BCUT2D eigenvalue weighted by molar-refractivity contribution is 0.0929. The predicted molar refractivity (Wildman–Crippen MR) is 105 cm³/mol. The van der Waals surface area contributed by atoms with Crippen LogP contribution in [0.4, 0.5) is 0 Å². The molecule has 1 aromatic heterocycles. The first kappa shape index (κ1) is 18.9. The Morgan fingerprint density at radius 3 is 2.23 bits per heavy atom. The number of carbonyl (C=O) groups is 2. The molecule has 0 saturated heterocycles. The van der Waals surface area contributed by atoms with Crippen LogP contribution in [0.25, 0.3) is 0 Å². The summed E-state index contributed by atoms with van der Waals surface area (Å²) in [5.74, 6) is -0.316. The van der Waals surface area contributed by atoms with E-state index < -0.39 is 0 Å². The van der Waals surface area contributed by atoms with Gasteiger partial charge < -0.3 is 16.0 Å². The van der Waals surface area contributed by atoms with Crippen LogP contribution in [0.2, 0.25) is 4.34 Å². The highest BCUT2D eigenvalue weighted by molar-refractivity contribution is 7.17. The quantitative estimate of drug-likeness (QED) is 0.606. The van der Waals surface area contributed by atoms with Crippen molar-refractivity contribution in [3.8, 4) is 0 Å². The largest absolute Gasteiger partial charge is 0.350 e. The van der Waals surface area contributed by atoms with Gasteiger partial charge in [0.2, 0.25) is 0 Å². The molecule has 1 aliphatic carbocycles. The molecule has 3 rings (SSSR count). The number of amides is 2. The normalized spacial score (nSPS) is 14.7. The fraction of sp³-hybridized carbons (Fsp3) is 0.368. The Bertz CT molecular complexity index is 784. The molecule has 1 aliphatic rings. The fourth-order valence-electron chi connectivity index (χ4n) is 3.01. The zero-order valence-electron chi connectivity index (χ0n) is 14.6. The van der Waals surface area contributed by atoms with Gasteiger partial charge in [-0.25, -0.2) is 0 Å². The SMILES string of the molecule is CNCC1(c2ccc(C(=O)NCCNC(=O)c3ccc(Cl)s3)cc2)CC1. The van der Waals surface area contributed by atoms with Crippen LogP contribution in [0.15, 0.2) is 36.4 Å². The van der Waals surface area contributed by atoms with Crippen molar-refractivity contribution >= 4 is 34.8 Å². The third-order valence-corrected chi connectivity index (χ3v) is 5.85. The molecule has 1 heterocycles. The second-order valence-electron chi connectivity index (χ2n) is 6.50. The molecule has 2 aromatic rings. The molecule has 7 heteroatoms. The van der Waals surface area contributed by atoms with Crippen molar-refractivity contribution in [2.24, 2.45) is 0 Å². The molecule has 1 aromatic carbocycles. The number of likely N-dealkylation sites (N-methyl/N-ethyl adjacent to an activating group) is 1. The van der Waals surface area contributed by atoms with Crippen LogP contribution < -0.4 is 16.0 Å². The molecule has 0 atom stereocenters. The molecular formula is C19H22ClN3O2S. The van der Waals surface area contributed by atoms with Gasteiger partial charge in [-0.15, -0.1) is 11.3 Å². The number of hydrogen-bond donors (Lipinski definition) is 3. The Hall–Kier alpha value is -1.89. The molecule has 0 spiro atoms. The van der Waals surface area contributed by atoms with E-state index in [0.717, 1.165) is 6.54 Å². The summed E-state index contributed by atoms with van der Waals surface area (Å²) in [6.45, 7) is 1.70. The number of benzene rings is 1. The average Bonchev–Trinajstić information content (AvgIpc) is 3.30. The van der Waals surface area contributed by atoms with E-state index in [1.54, 1.807) is 12.1 Å². The van der Waals surface area contributed by atoms with E-state index in [1.165, 1.54) is 29.7 Å². The van der Waals surface area contributed by atoms with Crippen LogP contribution in [-0.4, -0.2) is 38.5 Å². The standard InChI is InChI=1S/C19H22ClN3O2S/c1-21-12-19(8-9-19)14-4-2-13(3-5-14)17(24)22-10-11-23-18(25)15-6-7-16(20)26-15/h2-7,21H,8-12H2,1H3,(H,22,24)(H,23,25). The van der Waals surface area contributed by atoms with E-state index >= 15 is 0 Å². The van der Waals surface area contributed by atoms with Crippen LogP contribution in [0.1, 0.15) is 38.4 Å². The molecule has 138 valence electrons. The molecule has 0 radical (unpaired) electrons. The van der Waals surface area contributed by atoms with E-state index in [2.05, 4.69) is 16.0 Å². The van der Waals surface area contributed by atoms with Crippen molar-refractivity contribution in [1.29, 1.82) is 0 Å². The highest BCUT2D eigenvalue weighted by Crippen LogP contribution is 2.47. The third-order valence-electron chi connectivity index (χ3n) is 4.62. The Morgan fingerprint density at radius 2 is 1.69 bits per heavy atom. The highest BCUT2D eigenvalue weighted by atomic mass is 35.5. The van der Waals surface area contributed by atoms with Crippen LogP contribution >= 0.6 is 22.9 Å². The Labute approximate surface area is 162 Å². The van der Waals surface area contributed by atoms with E-state index in [1.807, 2.05) is 31.3 Å². The molecule has 5 nitrogen and oxygen atoms in total. The van der Waals surface area contributed by atoms with Crippen LogP contribution in [0.5, 0.6) is 0 Å². The third kappa shape index (κ3) is 4.44. The first-order valence-electron chi connectivity index (χ1n) is 8.61. The van der Waals surface area contributed by atoms with E-state index in [9.17, 15) is 9.59 Å². The van der Waals surface area contributed by atoms with Gasteiger partial charge in [-0.05, 0) is 49.7 Å². The summed E-state index contributed by atoms with van der Waals surface area (Å²) in [5.41, 5.74) is 2.16. The number of halogens is 1. The molecule has 3 N–H and O–H groups in total. The molecule has 0 bridgehead atoms. The lowest BCUT2D eigenvalue weighted by Gasteiger charge is -2.15. The minimum Gasteiger partial charge on any atom is -0.350 e. The van der Waals surface area contributed by atoms with Crippen molar-refractivity contribution in [2.75, 3.05) is 26.7 Å². The smallest absolute Gasteiger partial charge is 0.261 e. The fourth-order valence-corrected chi connectivity index (χ4v) is 3.97. The molecule has 1 fully saturated rings. The first-order chi connectivity index (χ1) is 12.5. The molecule has 0 aliphatic heterocycles. The maximum atomic E-state index is 12.2. The first-order valence-corrected chi connectivity index (χ1v) is 9.80. The van der Waals surface area contributed by atoms with Gasteiger partial charge in [-0.2, -0.15) is 0 Å². The molecule has 0 unspecified atom stereocenters. The van der Waals surface area contributed by atoms with E-state index in [0.29, 0.717) is 27.9 Å². The summed E-state index contributed by atoms with van der Waals surface area (Å²) in [6.07, 6.45) is 2.38. The number of nitrogens with one attached hydrogen (secondary N) is 3. The van der Waals surface area contributed by atoms with Gasteiger partial charge in [0.05, 0.1) is 9.21 Å². The van der Waals surface area contributed by atoms with Gasteiger partial charge in [0, 0.05) is 30.6 Å². The Kier molecular flexibility index (Phi) is 5.96. The lowest BCUT2D eigenvalue weighted by atomic mass is 9.95. The van der Waals surface area contributed by atoms with Crippen molar-refractivity contribution in [3.63, 3.8) is 0 Å². The maximum Gasteiger partial charge on any atom is 0.261 e. The summed E-state index contributed by atoms with van der Waals surface area (Å²) >= 11 is 7.04. The van der Waals surface area contributed by atoms with Gasteiger partial charge in [0.1, 0.15) is 0 Å². The van der Waals surface area contributed by atoms with Crippen LogP contribution in [0.3, 0.4) is 0 Å². The number of rotatable bonds is 8. The molecular weight excluding hydrogens is 370 g/mol. The van der Waals surface area contributed by atoms with Crippen molar-refractivity contribution in [3.05, 3.63) is 56.7 Å². The second kappa shape index (κ2) is 8.20. The Balaban J connectivity index is 1.44. The van der Waals surface area contributed by atoms with Gasteiger partial charge in [0.15, 0.2) is 0 Å². The average molecular weight is 392 g/mol. The number of thiophene rings is 1. The predicted octanol–water partition coefficient (Wildman–Crippen LogP) is 2.81. The lowest BCUT2D eigenvalue weighted by Crippen LogP contribution is -2.34. The van der Waals surface area contributed by atoms with Gasteiger partial charge in [-0.3, -0.25) is 9.59 Å². The van der Waals surface area contributed by atoms with Crippen LogP contribution in [0, 0.1) is 0 Å². The number of hydrogen-bond acceptors (Lipinski definition) is 4. The molecule has 2 amide bonds. The van der Waals surface area contributed by atoms with Gasteiger partial charge >= 0.3 is 0 Å². The number of carbonyl (C=O) groups excluding carboxylic acids is 2. The minimum atomic E-state index is -0.181. The van der Waals surface area contributed by atoms with Gasteiger partial charge in [0.25, 0.3) is 11.8 Å². The molecule has 26 heavy (non-hydrogen) atoms. The van der Waals surface area contributed by atoms with E-state index in [4.69, 9.17) is 11.6 Å².